The molecule has 0 saturated carbocycles. The van der Waals surface area contributed by atoms with E-state index in [0.717, 1.165) is 6.20 Å². The van der Waals surface area contributed by atoms with Gasteiger partial charge in [-0.3, -0.25) is 4.98 Å². The van der Waals surface area contributed by atoms with E-state index in [2.05, 4.69) is 4.98 Å². The summed E-state index contributed by atoms with van der Waals surface area (Å²) in [5.41, 5.74) is -4.71. The normalized spacial score (nSPS) is 18.5. The molecule has 8 heteroatoms. The van der Waals surface area contributed by atoms with Crippen LogP contribution in [0.3, 0.4) is 0 Å². The van der Waals surface area contributed by atoms with Gasteiger partial charge in [-0.15, -0.1) is 0 Å². The summed E-state index contributed by atoms with van der Waals surface area (Å²) in [7, 11) is -5.52. The van der Waals surface area contributed by atoms with E-state index in [9.17, 15) is 21.6 Å². The number of rotatable bonds is 1. The molecule has 0 bridgehead atoms. The molecule has 0 spiro atoms. The minimum Gasteiger partial charge on any atom is -0.254 e. The fourth-order valence-electron chi connectivity index (χ4n) is 2.44. The molecule has 2 heterocycles. The minimum atomic E-state index is -5.52. The zero-order valence-electron chi connectivity index (χ0n) is 11.4. The van der Waals surface area contributed by atoms with E-state index >= 15 is 0 Å². The molecule has 3 rings (SSSR count). The molecule has 2 aromatic rings. The molecule has 1 aromatic heterocycles. The van der Waals surface area contributed by atoms with Crippen molar-refractivity contribution in [2.24, 2.45) is 0 Å². The molecular formula is C14H11F3N2O2S. The van der Waals surface area contributed by atoms with Gasteiger partial charge < -0.3 is 0 Å². The third-order valence-electron chi connectivity index (χ3n) is 3.55. The van der Waals surface area contributed by atoms with Gasteiger partial charge in [-0.25, -0.2) is 4.31 Å². The molecule has 1 aliphatic heterocycles. The Bertz CT molecular complexity index is 875. The first-order valence-electron chi connectivity index (χ1n) is 6.40. The van der Waals surface area contributed by atoms with Crippen LogP contribution in [0.5, 0.6) is 0 Å². The number of aromatic nitrogens is 1. The number of hydrogen-bond donors (Lipinski definition) is 0. The zero-order chi connectivity index (χ0) is 16.1. The van der Waals surface area contributed by atoms with Gasteiger partial charge in [-0.2, -0.15) is 21.6 Å². The molecule has 116 valence electrons. The van der Waals surface area contributed by atoms with E-state index in [1.165, 1.54) is 12.3 Å². The number of benzene rings is 1. The molecule has 0 radical (unpaired) electrons. The third-order valence-corrected chi connectivity index (χ3v) is 4.96. The predicted molar refractivity (Wildman–Crippen MR) is 76.8 cm³/mol. The molecule has 0 fully saturated rings. The second-order valence-corrected chi connectivity index (χ2v) is 6.76. The van der Waals surface area contributed by atoms with E-state index in [0.29, 0.717) is 10.9 Å². The van der Waals surface area contributed by atoms with Gasteiger partial charge in [0.05, 0.1) is 11.2 Å². The second-order valence-electron chi connectivity index (χ2n) is 4.96. The molecule has 0 amide bonds. The maximum Gasteiger partial charge on any atom is 0.517 e. The Morgan fingerprint density at radius 3 is 2.64 bits per heavy atom. The molecule has 1 aromatic carbocycles. The van der Waals surface area contributed by atoms with Gasteiger partial charge in [-0.1, -0.05) is 31.2 Å². The number of nitrogens with zero attached hydrogens (tertiary/aromatic N) is 2. The van der Waals surface area contributed by atoms with Crippen LogP contribution in [-0.2, 0) is 10.0 Å². The second kappa shape index (κ2) is 4.70. The van der Waals surface area contributed by atoms with Crippen LogP contribution >= 0.6 is 0 Å². The number of halogens is 3. The summed E-state index contributed by atoms with van der Waals surface area (Å²) in [6.07, 6.45) is 3.79. The lowest BCUT2D eigenvalue weighted by Gasteiger charge is -2.29. The highest BCUT2D eigenvalue weighted by Gasteiger charge is 2.51. The summed E-state index contributed by atoms with van der Waals surface area (Å²) < 4.78 is 62.7. The quantitative estimate of drug-likeness (QED) is 0.805. The van der Waals surface area contributed by atoms with Crippen LogP contribution in [0, 0.1) is 0 Å². The van der Waals surface area contributed by atoms with Crippen molar-refractivity contribution in [1.29, 1.82) is 0 Å². The fourth-order valence-corrected chi connectivity index (χ4v) is 3.33. The molecule has 1 atom stereocenters. The summed E-state index contributed by atoms with van der Waals surface area (Å²) in [6, 6.07) is 6.66. The van der Waals surface area contributed by atoms with E-state index in [-0.39, 0.29) is 21.4 Å². The third kappa shape index (κ3) is 2.06. The number of hydrogen-bond acceptors (Lipinski definition) is 3. The largest absolute Gasteiger partial charge is 0.517 e. The van der Waals surface area contributed by atoms with Crippen molar-refractivity contribution in [3.63, 3.8) is 0 Å². The molecule has 0 aliphatic carbocycles. The zero-order valence-corrected chi connectivity index (χ0v) is 12.2. The summed E-state index contributed by atoms with van der Waals surface area (Å²) in [5.74, 6) is -0.207. The summed E-state index contributed by atoms with van der Waals surface area (Å²) in [4.78, 5) is 4.07. The topological polar surface area (TPSA) is 50.3 Å². The average Bonchev–Trinajstić information content (AvgIpc) is 2.46. The van der Waals surface area contributed by atoms with E-state index in [1.807, 2.05) is 0 Å². The first kappa shape index (κ1) is 14.8. The highest BCUT2D eigenvalue weighted by Crippen LogP contribution is 2.42. The van der Waals surface area contributed by atoms with Crippen LogP contribution in [0.25, 0.3) is 10.9 Å². The van der Waals surface area contributed by atoms with Crippen molar-refractivity contribution in [2.45, 2.75) is 18.3 Å². The van der Waals surface area contributed by atoms with E-state index in [4.69, 9.17) is 0 Å². The van der Waals surface area contributed by atoms with Crippen LogP contribution in [0.4, 0.5) is 18.9 Å². The maximum atomic E-state index is 12.9. The molecule has 1 unspecified atom stereocenters. The molecule has 0 saturated heterocycles. The number of anilines is 1. The number of alkyl halides is 3. The smallest absolute Gasteiger partial charge is 0.254 e. The van der Waals surface area contributed by atoms with Crippen LogP contribution in [0.2, 0.25) is 0 Å². The molecule has 4 nitrogen and oxygen atoms in total. The van der Waals surface area contributed by atoms with Crippen molar-refractivity contribution in [3.05, 3.63) is 48.3 Å². The first-order valence-corrected chi connectivity index (χ1v) is 7.84. The highest BCUT2D eigenvalue weighted by atomic mass is 32.2. The Kier molecular flexibility index (Phi) is 3.17. The summed E-state index contributed by atoms with van der Waals surface area (Å²) in [6.45, 7) is 1.78. The van der Waals surface area contributed by atoms with Crippen LogP contribution in [0.1, 0.15) is 18.4 Å². The maximum absolute atomic E-state index is 12.9. The van der Waals surface area contributed by atoms with Gasteiger partial charge in [-0.05, 0) is 11.6 Å². The Morgan fingerprint density at radius 2 is 1.95 bits per heavy atom. The summed E-state index contributed by atoms with van der Waals surface area (Å²) >= 11 is 0. The van der Waals surface area contributed by atoms with Crippen LogP contribution in [0.15, 0.2) is 42.7 Å². The molecular weight excluding hydrogens is 317 g/mol. The lowest BCUT2D eigenvalue weighted by molar-refractivity contribution is -0.0436. The number of allylic oxidation sites excluding steroid dienone is 1. The van der Waals surface area contributed by atoms with Gasteiger partial charge in [0.1, 0.15) is 0 Å². The van der Waals surface area contributed by atoms with E-state index in [1.54, 1.807) is 31.2 Å². The van der Waals surface area contributed by atoms with Gasteiger partial charge in [0.2, 0.25) is 0 Å². The summed E-state index contributed by atoms with van der Waals surface area (Å²) in [5, 5.41) is 0.575. The standard InChI is InChI=1S/C14H11F3N2O2S/c1-9-6-8-19(22(20,21)14(15,16)17)13-11(9)5-4-10-3-2-7-18-12(10)13/h2-9H,1H3. The molecule has 0 N–H and O–H groups in total. The Morgan fingerprint density at radius 1 is 1.23 bits per heavy atom. The van der Waals surface area contributed by atoms with Crippen molar-refractivity contribution in [1.82, 2.24) is 4.98 Å². The number of fused-ring (bicyclic) bond motifs is 3. The molecule has 1 aliphatic rings. The van der Waals surface area contributed by atoms with Gasteiger partial charge in [0.15, 0.2) is 0 Å². The van der Waals surface area contributed by atoms with Crippen molar-refractivity contribution >= 4 is 26.6 Å². The van der Waals surface area contributed by atoms with Gasteiger partial charge in [0.25, 0.3) is 0 Å². The Hall–Kier alpha value is -2.09. The molecule has 22 heavy (non-hydrogen) atoms. The predicted octanol–water partition coefficient (Wildman–Crippen LogP) is 3.52. The Labute approximate surface area is 124 Å². The lowest BCUT2D eigenvalue weighted by atomic mass is 9.95. The first-order chi connectivity index (χ1) is 10.2. The Balaban J connectivity index is 2.35. The van der Waals surface area contributed by atoms with Gasteiger partial charge >= 0.3 is 15.5 Å². The lowest BCUT2D eigenvalue weighted by Crippen LogP contribution is -2.39. The highest BCUT2D eigenvalue weighted by molar-refractivity contribution is 7.93. The number of pyridine rings is 1. The minimum absolute atomic E-state index is 0.0366. The van der Waals surface area contributed by atoms with Crippen LogP contribution < -0.4 is 4.31 Å². The number of sulfonamides is 1. The SMILES string of the molecule is CC1C=CN(S(=O)(=O)C(F)(F)F)c2c1ccc1cccnc21. The van der Waals surface area contributed by atoms with Crippen molar-refractivity contribution < 1.29 is 21.6 Å². The average molecular weight is 328 g/mol. The van der Waals surface area contributed by atoms with E-state index < -0.39 is 15.5 Å². The van der Waals surface area contributed by atoms with Crippen molar-refractivity contribution in [3.8, 4) is 0 Å². The van der Waals surface area contributed by atoms with Gasteiger partial charge in [0, 0.05) is 23.7 Å². The monoisotopic (exact) mass is 328 g/mol. The van der Waals surface area contributed by atoms with Crippen LogP contribution in [-0.4, -0.2) is 18.9 Å². The fraction of sp³-hybridized carbons (Fsp3) is 0.214. The van der Waals surface area contributed by atoms with Crippen molar-refractivity contribution in [2.75, 3.05) is 4.31 Å².